The van der Waals surface area contributed by atoms with Gasteiger partial charge in [-0.25, -0.2) is 4.68 Å². The third-order valence-corrected chi connectivity index (χ3v) is 4.16. The second kappa shape index (κ2) is 6.77. The van der Waals surface area contributed by atoms with Gasteiger partial charge in [0.2, 0.25) is 5.88 Å². The molecule has 120 valence electrons. The molecule has 1 aromatic heterocycles. The van der Waals surface area contributed by atoms with Crippen molar-refractivity contribution in [3.8, 4) is 5.88 Å². The van der Waals surface area contributed by atoms with Crippen molar-refractivity contribution in [3.63, 3.8) is 0 Å². The van der Waals surface area contributed by atoms with Gasteiger partial charge in [-0.2, -0.15) is 5.10 Å². The Bertz CT molecular complexity index is 470. The van der Waals surface area contributed by atoms with Crippen LogP contribution in [-0.4, -0.2) is 60.7 Å². The number of aromatic nitrogens is 2. The quantitative estimate of drug-likeness (QED) is 0.882. The number of likely N-dealkylation sites (N-methyl/N-ethyl adjacent to an activating group) is 1. The fraction of sp³-hybridized carbons (Fsp3) is 0.800. The van der Waals surface area contributed by atoms with Gasteiger partial charge < -0.3 is 14.8 Å². The molecule has 2 atom stereocenters. The minimum Gasteiger partial charge on any atom is -0.481 e. The molecule has 2 heterocycles. The van der Waals surface area contributed by atoms with Crippen LogP contribution in [0.5, 0.6) is 5.88 Å². The van der Waals surface area contributed by atoms with Gasteiger partial charge in [-0.3, -0.25) is 4.90 Å². The SMILES string of the molecule is CNCC1OCCN(C(C)C)C1c1c(C)nn(C)c1OC. The Morgan fingerprint density at radius 3 is 2.76 bits per heavy atom. The van der Waals surface area contributed by atoms with Crippen molar-refractivity contribution >= 4 is 0 Å². The normalized spacial score (nSPS) is 23.8. The molecule has 2 unspecified atom stereocenters. The van der Waals surface area contributed by atoms with Gasteiger partial charge >= 0.3 is 0 Å². The molecule has 2 rings (SSSR count). The van der Waals surface area contributed by atoms with Gasteiger partial charge in [-0.1, -0.05) is 0 Å². The third-order valence-electron chi connectivity index (χ3n) is 4.16. The zero-order chi connectivity index (χ0) is 15.6. The summed E-state index contributed by atoms with van der Waals surface area (Å²) >= 11 is 0. The molecule has 0 amide bonds. The molecule has 0 aliphatic carbocycles. The summed E-state index contributed by atoms with van der Waals surface area (Å²) in [5, 5.41) is 7.78. The summed E-state index contributed by atoms with van der Waals surface area (Å²) in [7, 11) is 5.59. The first-order valence-corrected chi connectivity index (χ1v) is 7.60. The number of hydrogen-bond acceptors (Lipinski definition) is 5. The van der Waals surface area contributed by atoms with E-state index >= 15 is 0 Å². The highest BCUT2D eigenvalue weighted by Crippen LogP contribution is 2.38. The molecule has 1 fully saturated rings. The maximum atomic E-state index is 6.03. The highest BCUT2D eigenvalue weighted by Gasteiger charge is 2.38. The Balaban J connectivity index is 2.47. The minimum absolute atomic E-state index is 0.1000. The Morgan fingerprint density at radius 1 is 1.48 bits per heavy atom. The van der Waals surface area contributed by atoms with Crippen LogP contribution in [0.1, 0.15) is 31.1 Å². The van der Waals surface area contributed by atoms with Crippen LogP contribution in [-0.2, 0) is 11.8 Å². The standard InChI is InChI=1S/C15H28N4O2/c1-10(2)19-7-8-21-12(9-16-4)14(19)13-11(3)17-18(5)15(13)20-6/h10,12,14,16H,7-9H2,1-6H3. The van der Waals surface area contributed by atoms with Crippen LogP contribution in [0.2, 0.25) is 0 Å². The maximum absolute atomic E-state index is 6.03. The fourth-order valence-corrected chi connectivity index (χ4v) is 3.29. The van der Waals surface area contributed by atoms with E-state index in [1.54, 1.807) is 7.11 Å². The Kier molecular flexibility index (Phi) is 5.24. The molecule has 1 aromatic rings. The van der Waals surface area contributed by atoms with E-state index in [2.05, 4.69) is 29.2 Å². The fourth-order valence-electron chi connectivity index (χ4n) is 3.29. The molecule has 0 spiro atoms. The molecule has 6 heteroatoms. The third kappa shape index (κ3) is 3.07. The van der Waals surface area contributed by atoms with E-state index < -0.39 is 0 Å². The van der Waals surface area contributed by atoms with Gasteiger partial charge in [0, 0.05) is 26.2 Å². The summed E-state index contributed by atoms with van der Waals surface area (Å²) < 4.78 is 13.4. The number of aryl methyl sites for hydroxylation is 2. The average molecular weight is 296 g/mol. The highest BCUT2D eigenvalue weighted by molar-refractivity contribution is 5.35. The number of methoxy groups -OCH3 is 1. The van der Waals surface area contributed by atoms with Gasteiger partial charge in [-0.15, -0.1) is 0 Å². The number of nitrogens with zero attached hydrogens (tertiary/aromatic N) is 3. The number of rotatable bonds is 5. The highest BCUT2D eigenvalue weighted by atomic mass is 16.5. The maximum Gasteiger partial charge on any atom is 0.216 e. The summed E-state index contributed by atoms with van der Waals surface area (Å²) in [6.07, 6.45) is 0.1000. The summed E-state index contributed by atoms with van der Waals surface area (Å²) in [6, 6.07) is 0.609. The molecule has 0 saturated carbocycles. The molecule has 1 saturated heterocycles. The number of hydrogen-bond donors (Lipinski definition) is 1. The smallest absolute Gasteiger partial charge is 0.216 e. The first kappa shape index (κ1) is 16.3. The second-order valence-electron chi connectivity index (χ2n) is 5.88. The first-order valence-electron chi connectivity index (χ1n) is 7.60. The molecule has 1 N–H and O–H groups in total. The van der Waals surface area contributed by atoms with Crippen molar-refractivity contribution in [3.05, 3.63) is 11.3 Å². The van der Waals surface area contributed by atoms with E-state index in [-0.39, 0.29) is 12.1 Å². The lowest BCUT2D eigenvalue weighted by Crippen LogP contribution is -2.51. The zero-order valence-corrected chi connectivity index (χ0v) is 14.0. The number of nitrogens with one attached hydrogen (secondary N) is 1. The van der Waals surface area contributed by atoms with Crippen LogP contribution in [0.3, 0.4) is 0 Å². The van der Waals surface area contributed by atoms with E-state index in [4.69, 9.17) is 9.47 Å². The predicted octanol–water partition coefficient (Wildman–Crippen LogP) is 1.11. The zero-order valence-electron chi connectivity index (χ0n) is 14.0. The monoisotopic (exact) mass is 296 g/mol. The van der Waals surface area contributed by atoms with Gasteiger partial charge in [-0.05, 0) is 27.8 Å². The second-order valence-corrected chi connectivity index (χ2v) is 5.88. The van der Waals surface area contributed by atoms with E-state index in [0.29, 0.717) is 6.04 Å². The molecule has 21 heavy (non-hydrogen) atoms. The molecular weight excluding hydrogens is 268 g/mol. The van der Waals surface area contributed by atoms with Crippen molar-refractivity contribution in [2.24, 2.45) is 7.05 Å². The Morgan fingerprint density at radius 2 is 2.19 bits per heavy atom. The molecule has 6 nitrogen and oxygen atoms in total. The van der Waals surface area contributed by atoms with Gasteiger partial charge in [0.15, 0.2) is 0 Å². The van der Waals surface area contributed by atoms with Crippen molar-refractivity contribution < 1.29 is 9.47 Å². The van der Waals surface area contributed by atoms with Crippen LogP contribution < -0.4 is 10.1 Å². The molecule has 1 aliphatic heterocycles. The summed E-state index contributed by atoms with van der Waals surface area (Å²) in [6.45, 7) is 9.01. The molecule has 0 radical (unpaired) electrons. The van der Waals surface area contributed by atoms with Crippen molar-refractivity contribution in [2.45, 2.75) is 39.0 Å². The van der Waals surface area contributed by atoms with E-state index in [9.17, 15) is 0 Å². The van der Waals surface area contributed by atoms with Crippen molar-refractivity contribution in [1.82, 2.24) is 20.0 Å². The Hall–Kier alpha value is -1.11. The van der Waals surface area contributed by atoms with Crippen LogP contribution in [0, 0.1) is 6.92 Å². The van der Waals surface area contributed by atoms with Crippen molar-refractivity contribution in [2.75, 3.05) is 33.9 Å². The molecule has 1 aliphatic rings. The lowest BCUT2D eigenvalue weighted by atomic mass is 9.96. The lowest BCUT2D eigenvalue weighted by molar-refractivity contribution is -0.0823. The molecule has 0 aromatic carbocycles. The summed E-state index contributed by atoms with van der Waals surface area (Å²) in [5.74, 6) is 0.828. The van der Waals surface area contributed by atoms with E-state index in [1.807, 2.05) is 25.7 Å². The Labute approximate surface area is 127 Å². The van der Waals surface area contributed by atoms with Gasteiger partial charge in [0.25, 0.3) is 0 Å². The van der Waals surface area contributed by atoms with Crippen molar-refractivity contribution in [1.29, 1.82) is 0 Å². The summed E-state index contributed by atoms with van der Waals surface area (Å²) in [4.78, 5) is 2.48. The summed E-state index contributed by atoms with van der Waals surface area (Å²) in [5.41, 5.74) is 2.16. The van der Waals surface area contributed by atoms with E-state index in [0.717, 1.165) is 36.8 Å². The predicted molar refractivity (Wildman–Crippen MR) is 82.7 cm³/mol. The lowest BCUT2D eigenvalue weighted by Gasteiger charge is -2.43. The minimum atomic E-state index is 0.1000. The number of morpholine rings is 1. The van der Waals surface area contributed by atoms with Crippen LogP contribution in [0.15, 0.2) is 0 Å². The van der Waals surface area contributed by atoms with Crippen LogP contribution >= 0.6 is 0 Å². The average Bonchev–Trinajstić information content (AvgIpc) is 2.72. The van der Waals surface area contributed by atoms with Gasteiger partial charge in [0.05, 0.1) is 37.1 Å². The largest absolute Gasteiger partial charge is 0.481 e. The van der Waals surface area contributed by atoms with E-state index in [1.165, 1.54) is 0 Å². The van der Waals surface area contributed by atoms with Crippen LogP contribution in [0.4, 0.5) is 0 Å². The van der Waals surface area contributed by atoms with Crippen LogP contribution in [0.25, 0.3) is 0 Å². The topological polar surface area (TPSA) is 51.5 Å². The number of ether oxygens (including phenoxy) is 2. The molecule has 0 bridgehead atoms. The van der Waals surface area contributed by atoms with Gasteiger partial charge in [0.1, 0.15) is 0 Å². The first-order chi connectivity index (χ1) is 10.0. The molecular formula is C15H28N4O2.